The van der Waals surface area contributed by atoms with Crippen LogP contribution in [-0.2, 0) is 52.2 Å². The molecule has 7 aromatic rings. The average Bonchev–Trinajstić information content (AvgIpc) is 4.10. The zero-order chi connectivity index (χ0) is 53.6. The van der Waals surface area contributed by atoms with Crippen molar-refractivity contribution in [2.24, 2.45) is 5.16 Å². The van der Waals surface area contributed by atoms with E-state index in [1.165, 1.54) is 64.9 Å². The number of nitrogens with zero attached hydrogens (tertiary/aromatic N) is 5. The van der Waals surface area contributed by atoms with E-state index in [4.69, 9.17) is 29.0 Å². The number of amides is 2. The number of hydrogen-bond donors (Lipinski definition) is 2. The molecule has 3 aromatic heterocycles. The molecule has 1 fully saturated rings. The topological polar surface area (TPSA) is 175 Å². The van der Waals surface area contributed by atoms with Crippen LogP contribution in [0.4, 0.5) is 9.52 Å². The van der Waals surface area contributed by atoms with Crippen molar-refractivity contribution in [1.29, 1.82) is 0 Å². The van der Waals surface area contributed by atoms with Gasteiger partial charge in [-0.25, -0.2) is 28.5 Å². The highest BCUT2D eigenvalue weighted by molar-refractivity contribution is 8.02. The number of anilines is 1. The van der Waals surface area contributed by atoms with Crippen LogP contribution in [-0.4, -0.2) is 92.2 Å². The third-order valence-corrected chi connectivity index (χ3v) is 16.6. The molecular formula is C56H55FN7O8S4+. The molecule has 15 nitrogen and oxygen atoms in total. The fourth-order valence-electron chi connectivity index (χ4n) is 8.46. The van der Waals surface area contributed by atoms with E-state index in [0.717, 1.165) is 31.2 Å². The summed E-state index contributed by atoms with van der Waals surface area (Å²) >= 11 is 5.51. The van der Waals surface area contributed by atoms with Gasteiger partial charge in [-0.05, 0) is 74.6 Å². The van der Waals surface area contributed by atoms with Gasteiger partial charge in [0.2, 0.25) is 5.60 Å². The first-order valence-corrected chi connectivity index (χ1v) is 28.0. The SMILES string of the molecule is COc1ccc(COC(=O)C2=C(CSc3nc4c[n+](CCF)ccc4s3)CS[C@H]3C(NC(=O)/C(=N\OC(C)(C)C(=O)OC(C)(C)C)c4csc(NC(c5ccccc5)(c5ccccc5)c5ccccc5)n4)C(=O)N23)cc1. The lowest BCUT2D eigenvalue weighted by Crippen LogP contribution is -2.71. The number of ether oxygens (including phenoxy) is 3. The minimum atomic E-state index is -1.66. The van der Waals surface area contributed by atoms with E-state index < -0.39 is 58.6 Å². The van der Waals surface area contributed by atoms with Gasteiger partial charge in [-0.2, -0.15) is 0 Å². The number of thiazole rings is 2. The molecule has 2 amide bonds. The first-order chi connectivity index (χ1) is 36.6. The molecule has 392 valence electrons. The van der Waals surface area contributed by atoms with Gasteiger partial charge in [0, 0.05) is 23.0 Å². The first kappa shape index (κ1) is 53.7. The molecular weight excluding hydrogens is 1050 g/mol. The third kappa shape index (κ3) is 11.8. The van der Waals surface area contributed by atoms with Crippen molar-refractivity contribution in [1.82, 2.24) is 20.2 Å². The zero-order valence-electron chi connectivity index (χ0n) is 42.5. The Labute approximate surface area is 455 Å². The van der Waals surface area contributed by atoms with Crippen molar-refractivity contribution in [3.8, 4) is 5.75 Å². The standard InChI is InChI=1S/C56H54FN7O8S4/c1-54(2,3)71-51(68)55(4,5)72-62-44(42-34-74-52(58-42)61-56(37-16-10-7-11-17-37,38-18-12-8-13-19-38)39-20-14-9-15-21-39)47(65)60-45-48(66)64-46(50(67)70-31-35-22-24-40(69-6)25-23-35)36(32-73-49(45)64)33-75-53-59-41-30-63(29-27-57)28-26-43(41)76-53/h7-26,28,30,34,45,49H,27,29,31-33H2,1-6H3,(H-,58,60,61,65)/p+1/b62-44-/t45?,49-/m0/s1. The molecule has 2 aliphatic rings. The number of carbonyl (C=O) groups excluding carboxylic acids is 4. The number of aryl methyl sites for hydroxylation is 1. The van der Waals surface area contributed by atoms with Gasteiger partial charge in [0.25, 0.3) is 11.8 Å². The molecule has 2 atom stereocenters. The van der Waals surface area contributed by atoms with Crippen molar-refractivity contribution < 1.29 is 47.2 Å². The van der Waals surface area contributed by atoms with E-state index in [-0.39, 0.29) is 30.3 Å². The molecule has 0 radical (unpaired) electrons. The summed E-state index contributed by atoms with van der Waals surface area (Å²) in [5.74, 6) is -1.51. The lowest BCUT2D eigenvalue weighted by Gasteiger charge is -2.49. The minimum absolute atomic E-state index is 0.0728. The quantitative estimate of drug-likeness (QED) is 0.0141. The number of esters is 2. The second kappa shape index (κ2) is 23.0. The van der Waals surface area contributed by atoms with E-state index in [1.807, 2.05) is 103 Å². The van der Waals surface area contributed by atoms with E-state index >= 15 is 0 Å². The smallest absolute Gasteiger partial charge is 0.355 e. The van der Waals surface area contributed by atoms with Crippen LogP contribution < -0.4 is 19.9 Å². The molecule has 0 saturated carbocycles. The summed E-state index contributed by atoms with van der Waals surface area (Å²) in [6.45, 7) is 7.78. The van der Waals surface area contributed by atoms with E-state index in [9.17, 15) is 23.6 Å². The summed E-state index contributed by atoms with van der Waals surface area (Å²) in [6.07, 6.45) is 3.61. The van der Waals surface area contributed by atoms with E-state index in [1.54, 1.807) is 68.3 Å². The summed E-state index contributed by atoms with van der Waals surface area (Å²) in [5, 5.41) is 12.3. The van der Waals surface area contributed by atoms with Gasteiger partial charge < -0.3 is 29.7 Å². The highest BCUT2D eigenvalue weighted by Gasteiger charge is 2.55. The number of methoxy groups -OCH3 is 1. The monoisotopic (exact) mass is 1100 g/mol. The lowest BCUT2D eigenvalue weighted by molar-refractivity contribution is -0.695. The Kier molecular flexibility index (Phi) is 16.2. The maximum atomic E-state index is 14.8. The fourth-order valence-corrected chi connectivity index (χ4v) is 12.7. The van der Waals surface area contributed by atoms with Crippen molar-refractivity contribution >= 4 is 91.0 Å². The molecule has 4 aromatic carbocycles. The van der Waals surface area contributed by atoms with Gasteiger partial charge in [0.05, 0.1) is 11.8 Å². The summed E-state index contributed by atoms with van der Waals surface area (Å²) < 4.78 is 33.3. The number of halogens is 1. The largest absolute Gasteiger partial charge is 0.497 e. The molecule has 0 bridgehead atoms. The predicted octanol–water partition coefficient (Wildman–Crippen LogP) is 9.45. The van der Waals surface area contributed by atoms with Crippen molar-refractivity contribution in [3.05, 3.63) is 178 Å². The number of benzene rings is 4. The molecule has 0 aliphatic carbocycles. The second-order valence-corrected chi connectivity index (χ2v) is 23.4. The lowest BCUT2D eigenvalue weighted by atomic mass is 9.77. The fraction of sp³-hybridized carbons (Fsp3) is 0.286. The Morgan fingerprint density at radius 2 is 1.53 bits per heavy atom. The van der Waals surface area contributed by atoms with Crippen LogP contribution >= 0.6 is 46.2 Å². The van der Waals surface area contributed by atoms with E-state index in [2.05, 4.69) is 15.8 Å². The Balaban J connectivity index is 1.02. The van der Waals surface area contributed by atoms with Crippen LogP contribution in [0.25, 0.3) is 10.2 Å². The van der Waals surface area contributed by atoms with Crippen LogP contribution in [0.15, 0.2) is 160 Å². The number of aromatic nitrogens is 3. The van der Waals surface area contributed by atoms with Crippen molar-refractivity contribution in [2.75, 3.05) is 30.6 Å². The van der Waals surface area contributed by atoms with Gasteiger partial charge >= 0.3 is 11.9 Å². The molecule has 20 heteroatoms. The molecule has 2 aliphatic heterocycles. The number of rotatable bonds is 20. The number of oxime groups is 1. The zero-order valence-corrected chi connectivity index (χ0v) is 45.7. The number of β-lactam (4-membered cyclic amide) rings is 1. The summed E-state index contributed by atoms with van der Waals surface area (Å²) in [7, 11) is 1.56. The second-order valence-electron chi connectivity index (χ2n) is 19.2. The summed E-state index contributed by atoms with van der Waals surface area (Å²) in [4.78, 5) is 74.0. The molecule has 9 rings (SSSR count). The maximum Gasteiger partial charge on any atom is 0.355 e. The van der Waals surface area contributed by atoms with E-state index in [0.29, 0.717) is 33.5 Å². The van der Waals surface area contributed by atoms with Gasteiger partial charge in [-0.1, -0.05) is 120 Å². The number of thioether (sulfide) groups is 2. The van der Waals surface area contributed by atoms with Gasteiger partial charge in [-0.15, -0.1) is 34.4 Å². The number of carbonyl (C=O) groups is 4. The average molecular weight is 1100 g/mol. The van der Waals surface area contributed by atoms with Crippen LogP contribution in [0.5, 0.6) is 5.75 Å². The molecule has 5 heterocycles. The first-order valence-electron chi connectivity index (χ1n) is 24.2. The normalized spacial score (nSPS) is 15.9. The number of nitrogens with one attached hydrogen (secondary N) is 2. The minimum Gasteiger partial charge on any atom is -0.497 e. The van der Waals surface area contributed by atoms with Gasteiger partial charge in [0.15, 0.2) is 34.1 Å². The Morgan fingerprint density at radius 3 is 2.13 bits per heavy atom. The number of fused-ring (bicyclic) bond motifs is 2. The Bertz CT molecular complexity index is 3200. The molecule has 1 saturated heterocycles. The molecule has 1 unspecified atom stereocenters. The summed E-state index contributed by atoms with van der Waals surface area (Å²) in [6, 6.07) is 37.8. The van der Waals surface area contributed by atoms with Crippen LogP contribution in [0, 0.1) is 0 Å². The van der Waals surface area contributed by atoms with Crippen LogP contribution in [0.3, 0.4) is 0 Å². The number of hydrogen-bond acceptors (Lipinski definition) is 16. The van der Waals surface area contributed by atoms with Crippen LogP contribution in [0.1, 0.15) is 62.6 Å². The van der Waals surface area contributed by atoms with Gasteiger partial charge in [0.1, 0.15) is 58.5 Å². The highest BCUT2D eigenvalue weighted by Crippen LogP contribution is 2.44. The van der Waals surface area contributed by atoms with Gasteiger partial charge in [-0.3, -0.25) is 14.5 Å². The molecule has 76 heavy (non-hydrogen) atoms. The molecule has 0 spiro atoms. The van der Waals surface area contributed by atoms with Crippen molar-refractivity contribution in [2.45, 2.75) is 80.3 Å². The number of pyridine rings is 1. The Morgan fingerprint density at radius 1 is 0.882 bits per heavy atom. The third-order valence-electron chi connectivity index (χ3n) is 12.3. The van der Waals surface area contributed by atoms with Crippen molar-refractivity contribution in [3.63, 3.8) is 0 Å². The highest BCUT2D eigenvalue weighted by atomic mass is 32.2. The predicted molar refractivity (Wildman–Crippen MR) is 294 cm³/mol. The Hall–Kier alpha value is -7.13. The maximum absolute atomic E-state index is 14.8. The van der Waals surface area contributed by atoms with Crippen LogP contribution in [0.2, 0.25) is 0 Å². The molecule has 2 N–H and O–H groups in total. The summed E-state index contributed by atoms with van der Waals surface area (Å²) in [5.41, 5.74) is 1.27. The number of alkyl halides is 1.